The van der Waals surface area contributed by atoms with Crippen LogP contribution in [0.25, 0.3) is 0 Å². The number of carbonyl (C=O) groups excluding carboxylic acids is 3. The van der Waals surface area contributed by atoms with Gasteiger partial charge in [0.2, 0.25) is 0 Å². The molecule has 0 saturated carbocycles. The van der Waals surface area contributed by atoms with Gasteiger partial charge in [-0.3, -0.25) is 14.5 Å². The number of esters is 1. The second kappa shape index (κ2) is 9.54. The minimum absolute atomic E-state index is 0.0692. The van der Waals surface area contributed by atoms with E-state index in [1.54, 1.807) is 7.11 Å². The predicted octanol–water partition coefficient (Wildman–Crippen LogP) is 3.17. The lowest BCUT2D eigenvalue weighted by Crippen LogP contribution is -2.31. The summed E-state index contributed by atoms with van der Waals surface area (Å²) < 4.78 is 16.0. The zero-order valence-corrected chi connectivity index (χ0v) is 17.4. The quantitative estimate of drug-likeness (QED) is 0.358. The molecular weight excluding hydrogens is 386 g/mol. The number of benzene rings is 2. The number of rotatable bonds is 9. The maximum absolute atomic E-state index is 12.5. The first-order chi connectivity index (χ1) is 14.4. The molecule has 1 aliphatic heterocycles. The van der Waals surface area contributed by atoms with Crippen LogP contribution in [0.1, 0.15) is 48.6 Å². The minimum Gasteiger partial charge on any atom is -0.489 e. The van der Waals surface area contributed by atoms with Crippen LogP contribution in [0.3, 0.4) is 0 Å². The van der Waals surface area contributed by atoms with Crippen molar-refractivity contribution in [3.05, 3.63) is 64.2 Å². The third kappa shape index (κ3) is 4.52. The van der Waals surface area contributed by atoms with Crippen LogP contribution < -0.4 is 4.74 Å². The Morgan fingerprint density at radius 1 is 0.933 bits per heavy atom. The molecule has 1 aliphatic rings. The van der Waals surface area contributed by atoms with E-state index in [-0.39, 0.29) is 36.8 Å². The Kier molecular flexibility index (Phi) is 6.84. The van der Waals surface area contributed by atoms with Crippen LogP contribution >= 0.6 is 0 Å². The van der Waals surface area contributed by atoms with Gasteiger partial charge in [0.25, 0.3) is 11.8 Å². The fourth-order valence-electron chi connectivity index (χ4n) is 3.38. The lowest BCUT2D eigenvalue weighted by atomic mass is 10.1. The summed E-state index contributed by atoms with van der Waals surface area (Å²) in [6.07, 6.45) is 0.553. The molecule has 2 aromatic rings. The summed E-state index contributed by atoms with van der Waals surface area (Å²) in [7, 11) is 1.56. The van der Waals surface area contributed by atoms with E-state index in [1.165, 1.54) is 23.1 Å². The first kappa shape index (κ1) is 21.5. The molecule has 7 nitrogen and oxygen atoms in total. The summed E-state index contributed by atoms with van der Waals surface area (Å²) in [5.41, 5.74) is 2.77. The van der Waals surface area contributed by atoms with E-state index < -0.39 is 11.9 Å². The number of fused-ring (bicyclic) bond motifs is 1. The van der Waals surface area contributed by atoms with Gasteiger partial charge in [-0.05, 0) is 49.6 Å². The van der Waals surface area contributed by atoms with Crippen molar-refractivity contribution in [1.29, 1.82) is 0 Å². The van der Waals surface area contributed by atoms with Gasteiger partial charge in [-0.25, -0.2) is 4.79 Å². The highest BCUT2D eigenvalue weighted by Gasteiger charge is 2.35. The number of nitrogens with zero attached hydrogens (tertiary/aromatic N) is 1. The van der Waals surface area contributed by atoms with Crippen LogP contribution in [0.15, 0.2) is 36.4 Å². The first-order valence-electron chi connectivity index (χ1n) is 9.79. The SMILES string of the molecule is COCCCN1C(=O)c2ccc(C(=O)OCCOc3c(C)cccc3C)cc2C1=O. The summed E-state index contributed by atoms with van der Waals surface area (Å²) in [4.78, 5) is 38.5. The molecule has 3 rings (SSSR count). The van der Waals surface area contributed by atoms with Crippen LogP contribution in [-0.4, -0.2) is 56.2 Å². The zero-order chi connectivity index (χ0) is 21.7. The van der Waals surface area contributed by atoms with Crippen LogP contribution in [-0.2, 0) is 9.47 Å². The second-order valence-electron chi connectivity index (χ2n) is 7.07. The van der Waals surface area contributed by atoms with Gasteiger partial charge in [-0.15, -0.1) is 0 Å². The van der Waals surface area contributed by atoms with Crippen molar-refractivity contribution in [2.45, 2.75) is 20.3 Å². The van der Waals surface area contributed by atoms with Crippen molar-refractivity contribution in [2.24, 2.45) is 0 Å². The molecule has 0 fully saturated rings. The number of hydrogen-bond donors (Lipinski definition) is 0. The minimum atomic E-state index is -0.569. The number of para-hydroxylation sites is 1. The molecule has 0 saturated heterocycles. The normalized spacial score (nSPS) is 12.8. The number of aryl methyl sites for hydroxylation is 2. The monoisotopic (exact) mass is 411 g/mol. The molecule has 2 aromatic carbocycles. The highest BCUT2D eigenvalue weighted by Crippen LogP contribution is 2.25. The topological polar surface area (TPSA) is 82.1 Å². The van der Waals surface area contributed by atoms with Crippen LogP contribution in [0.2, 0.25) is 0 Å². The Labute approximate surface area is 175 Å². The van der Waals surface area contributed by atoms with Crippen molar-refractivity contribution in [2.75, 3.05) is 33.5 Å². The van der Waals surface area contributed by atoms with Gasteiger partial charge >= 0.3 is 5.97 Å². The summed E-state index contributed by atoms with van der Waals surface area (Å²) in [6.45, 7) is 4.92. The van der Waals surface area contributed by atoms with Gasteiger partial charge in [0.1, 0.15) is 19.0 Å². The van der Waals surface area contributed by atoms with Gasteiger partial charge in [-0.2, -0.15) is 0 Å². The van der Waals surface area contributed by atoms with E-state index in [2.05, 4.69) is 0 Å². The molecule has 0 bridgehead atoms. The third-order valence-electron chi connectivity index (χ3n) is 4.91. The molecule has 2 amide bonds. The summed E-state index contributed by atoms with van der Waals surface area (Å²) in [5, 5.41) is 0. The Morgan fingerprint density at radius 3 is 2.33 bits per heavy atom. The van der Waals surface area contributed by atoms with Crippen LogP contribution in [0.4, 0.5) is 0 Å². The number of carbonyl (C=O) groups is 3. The Morgan fingerprint density at radius 2 is 1.63 bits per heavy atom. The van der Waals surface area contributed by atoms with Crippen LogP contribution in [0.5, 0.6) is 5.75 Å². The van der Waals surface area contributed by atoms with E-state index in [0.717, 1.165) is 16.9 Å². The van der Waals surface area contributed by atoms with Gasteiger partial charge < -0.3 is 14.2 Å². The van der Waals surface area contributed by atoms with E-state index in [0.29, 0.717) is 18.6 Å². The molecule has 0 aromatic heterocycles. The van der Waals surface area contributed by atoms with E-state index in [1.807, 2.05) is 32.0 Å². The fraction of sp³-hybridized carbons (Fsp3) is 0.348. The lowest BCUT2D eigenvalue weighted by Gasteiger charge is -2.12. The maximum Gasteiger partial charge on any atom is 0.338 e. The molecule has 0 N–H and O–H groups in total. The molecular formula is C23H25NO6. The van der Waals surface area contributed by atoms with Crippen molar-refractivity contribution < 1.29 is 28.6 Å². The van der Waals surface area contributed by atoms with Crippen LogP contribution in [0, 0.1) is 13.8 Å². The Bertz CT molecular complexity index is 948. The molecule has 0 atom stereocenters. The largest absolute Gasteiger partial charge is 0.489 e. The first-order valence-corrected chi connectivity index (χ1v) is 9.79. The standard InChI is InChI=1S/C23H25NO6/c1-15-6-4-7-16(2)20(15)29-12-13-30-23(27)17-8-9-18-19(14-17)22(26)24(21(18)25)10-5-11-28-3/h4,6-9,14H,5,10-13H2,1-3H3. The molecule has 0 radical (unpaired) electrons. The molecule has 1 heterocycles. The average molecular weight is 411 g/mol. The number of amides is 2. The second-order valence-corrected chi connectivity index (χ2v) is 7.07. The number of imide groups is 1. The third-order valence-corrected chi connectivity index (χ3v) is 4.91. The highest BCUT2D eigenvalue weighted by atomic mass is 16.6. The van der Waals surface area contributed by atoms with Gasteiger partial charge in [0, 0.05) is 20.3 Å². The van der Waals surface area contributed by atoms with Gasteiger partial charge in [0.15, 0.2) is 0 Å². The van der Waals surface area contributed by atoms with Gasteiger partial charge in [0.05, 0.1) is 16.7 Å². The van der Waals surface area contributed by atoms with E-state index in [9.17, 15) is 14.4 Å². The zero-order valence-electron chi connectivity index (χ0n) is 17.4. The van der Waals surface area contributed by atoms with Crippen molar-refractivity contribution >= 4 is 17.8 Å². The Hall–Kier alpha value is -3.19. The average Bonchev–Trinajstić information content (AvgIpc) is 2.97. The molecule has 0 spiro atoms. The van der Waals surface area contributed by atoms with E-state index in [4.69, 9.17) is 14.2 Å². The highest BCUT2D eigenvalue weighted by molar-refractivity contribution is 6.21. The molecule has 0 aliphatic carbocycles. The summed E-state index contributed by atoms with van der Waals surface area (Å²) >= 11 is 0. The van der Waals surface area contributed by atoms with Crippen molar-refractivity contribution in [1.82, 2.24) is 4.90 Å². The fourth-order valence-corrected chi connectivity index (χ4v) is 3.38. The maximum atomic E-state index is 12.5. The van der Waals surface area contributed by atoms with E-state index >= 15 is 0 Å². The Balaban J connectivity index is 1.58. The lowest BCUT2D eigenvalue weighted by molar-refractivity contribution is 0.0449. The predicted molar refractivity (Wildman–Crippen MR) is 110 cm³/mol. The number of methoxy groups -OCH3 is 1. The molecule has 7 heteroatoms. The number of hydrogen-bond acceptors (Lipinski definition) is 6. The van der Waals surface area contributed by atoms with Gasteiger partial charge in [-0.1, -0.05) is 18.2 Å². The summed E-state index contributed by atoms with van der Waals surface area (Å²) in [5.74, 6) is -0.545. The smallest absolute Gasteiger partial charge is 0.338 e. The number of ether oxygens (including phenoxy) is 3. The molecule has 30 heavy (non-hydrogen) atoms. The van der Waals surface area contributed by atoms with Crippen molar-refractivity contribution in [3.63, 3.8) is 0 Å². The molecule has 158 valence electrons. The summed E-state index contributed by atoms with van der Waals surface area (Å²) in [6, 6.07) is 10.3. The van der Waals surface area contributed by atoms with Crippen molar-refractivity contribution in [3.8, 4) is 5.75 Å². The molecule has 0 unspecified atom stereocenters.